The molecule has 200 valence electrons. The van der Waals surface area contributed by atoms with Crippen LogP contribution in [0.1, 0.15) is 53.9 Å². The van der Waals surface area contributed by atoms with Gasteiger partial charge in [0.05, 0.1) is 24.2 Å². The number of likely N-dealkylation sites (tertiary alicyclic amines) is 1. The molecular formula is C28H33FN6O3. The fraction of sp³-hybridized carbons (Fsp3) is 0.429. The number of nitrogens with one attached hydrogen (secondary N) is 2. The Kier molecular flexibility index (Phi) is 8.09. The number of aromatic nitrogens is 3. The minimum Gasteiger partial charge on any atom is -0.393 e. The van der Waals surface area contributed by atoms with Crippen LogP contribution in [0.4, 0.5) is 4.39 Å². The summed E-state index contributed by atoms with van der Waals surface area (Å²) in [5.41, 5.74) is 2.37. The van der Waals surface area contributed by atoms with Crippen LogP contribution in [0, 0.1) is 5.82 Å². The zero-order valence-corrected chi connectivity index (χ0v) is 21.2. The Morgan fingerprint density at radius 2 is 1.82 bits per heavy atom. The Bertz CT molecular complexity index is 1210. The second-order valence-electron chi connectivity index (χ2n) is 10.1. The number of carbonyl (C=O) groups is 2. The van der Waals surface area contributed by atoms with Crippen molar-refractivity contribution in [2.45, 2.75) is 56.2 Å². The standard InChI is InChI=1S/C28H33FN6O3/c29-21-7-3-19(4-8-21)24-18-26(24)30-13-1-2-25(28(38)34-15-11-23(36)12-16-34)32-27(37)20-5-9-22(10-6-20)35-17-14-31-33-35/h3-10,14,17,23-26,30,36H,1-2,11-13,15-16,18H2,(H,32,37)/t24-,25-,26+/m0/s1. The van der Waals surface area contributed by atoms with E-state index in [0.717, 1.165) is 17.7 Å². The van der Waals surface area contributed by atoms with Gasteiger partial charge in [-0.25, -0.2) is 9.07 Å². The van der Waals surface area contributed by atoms with Crippen LogP contribution in [-0.4, -0.2) is 74.6 Å². The van der Waals surface area contributed by atoms with Gasteiger partial charge in [0.15, 0.2) is 0 Å². The number of carbonyl (C=O) groups excluding carboxylic acids is 2. The molecule has 2 aromatic carbocycles. The molecule has 2 heterocycles. The summed E-state index contributed by atoms with van der Waals surface area (Å²) in [5, 5.41) is 24.1. The highest BCUT2D eigenvalue weighted by atomic mass is 19.1. The van der Waals surface area contributed by atoms with Gasteiger partial charge in [0.1, 0.15) is 11.9 Å². The van der Waals surface area contributed by atoms with Crippen LogP contribution in [0.2, 0.25) is 0 Å². The maximum atomic E-state index is 13.3. The maximum absolute atomic E-state index is 13.3. The van der Waals surface area contributed by atoms with Gasteiger partial charge in [-0.2, -0.15) is 0 Å². The molecule has 10 heteroatoms. The largest absolute Gasteiger partial charge is 0.393 e. The van der Waals surface area contributed by atoms with Crippen LogP contribution in [-0.2, 0) is 4.79 Å². The third-order valence-electron chi connectivity index (χ3n) is 7.36. The van der Waals surface area contributed by atoms with Gasteiger partial charge in [0, 0.05) is 30.6 Å². The first-order chi connectivity index (χ1) is 18.5. The van der Waals surface area contributed by atoms with Crippen molar-refractivity contribution in [1.29, 1.82) is 0 Å². The lowest BCUT2D eigenvalue weighted by Crippen LogP contribution is -2.51. The Morgan fingerprint density at radius 3 is 2.50 bits per heavy atom. The molecule has 2 aliphatic rings. The zero-order valence-electron chi connectivity index (χ0n) is 21.2. The predicted octanol–water partition coefficient (Wildman–Crippen LogP) is 2.41. The highest BCUT2D eigenvalue weighted by molar-refractivity contribution is 5.97. The van der Waals surface area contributed by atoms with E-state index < -0.39 is 6.04 Å². The van der Waals surface area contributed by atoms with Crippen LogP contribution in [0.5, 0.6) is 0 Å². The summed E-state index contributed by atoms with van der Waals surface area (Å²) < 4.78 is 14.8. The smallest absolute Gasteiger partial charge is 0.251 e. The lowest BCUT2D eigenvalue weighted by atomic mass is 10.0. The minimum absolute atomic E-state index is 0.111. The van der Waals surface area contributed by atoms with Crippen molar-refractivity contribution in [1.82, 2.24) is 30.5 Å². The van der Waals surface area contributed by atoms with Crippen LogP contribution in [0.25, 0.3) is 5.69 Å². The van der Waals surface area contributed by atoms with Crippen molar-refractivity contribution in [3.8, 4) is 5.69 Å². The molecule has 9 nitrogen and oxygen atoms in total. The summed E-state index contributed by atoms with van der Waals surface area (Å²) in [6, 6.07) is 13.3. The van der Waals surface area contributed by atoms with Gasteiger partial charge in [-0.15, -0.1) is 5.10 Å². The number of hydrogen-bond acceptors (Lipinski definition) is 6. The van der Waals surface area contributed by atoms with Gasteiger partial charge < -0.3 is 20.6 Å². The van der Waals surface area contributed by atoms with Crippen molar-refractivity contribution in [3.05, 3.63) is 77.9 Å². The molecule has 3 atom stereocenters. The van der Waals surface area contributed by atoms with Crippen molar-refractivity contribution in [3.63, 3.8) is 0 Å². The molecule has 0 unspecified atom stereocenters. The second-order valence-corrected chi connectivity index (χ2v) is 10.1. The molecule has 1 saturated heterocycles. The average molecular weight is 521 g/mol. The van der Waals surface area contributed by atoms with Crippen molar-refractivity contribution >= 4 is 11.8 Å². The van der Waals surface area contributed by atoms with E-state index in [9.17, 15) is 19.1 Å². The maximum Gasteiger partial charge on any atom is 0.251 e. The lowest BCUT2D eigenvalue weighted by molar-refractivity contribution is -0.135. The summed E-state index contributed by atoms with van der Waals surface area (Å²) in [6.45, 7) is 1.69. The number of piperidine rings is 1. The van der Waals surface area contributed by atoms with E-state index in [-0.39, 0.29) is 23.7 Å². The van der Waals surface area contributed by atoms with Gasteiger partial charge >= 0.3 is 0 Å². The van der Waals surface area contributed by atoms with Crippen LogP contribution in [0.3, 0.4) is 0 Å². The number of halogens is 1. The first-order valence-corrected chi connectivity index (χ1v) is 13.2. The molecule has 1 aromatic heterocycles. The third kappa shape index (κ3) is 6.43. The third-order valence-corrected chi connectivity index (χ3v) is 7.36. The highest BCUT2D eigenvalue weighted by Gasteiger charge is 2.37. The lowest BCUT2D eigenvalue weighted by Gasteiger charge is -2.32. The molecule has 0 radical (unpaired) electrons. The molecule has 1 aliphatic carbocycles. The van der Waals surface area contributed by atoms with Gasteiger partial charge in [-0.1, -0.05) is 17.3 Å². The van der Waals surface area contributed by atoms with E-state index in [1.807, 2.05) is 12.1 Å². The molecule has 5 rings (SSSR count). The van der Waals surface area contributed by atoms with Crippen LogP contribution in [0.15, 0.2) is 60.9 Å². The second kappa shape index (κ2) is 11.8. The highest BCUT2D eigenvalue weighted by Crippen LogP contribution is 2.40. The van der Waals surface area contributed by atoms with E-state index in [2.05, 4.69) is 20.9 Å². The average Bonchev–Trinajstić information content (AvgIpc) is 3.49. The molecule has 0 bridgehead atoms. The first kappa shape index (κ1) is 26.0. The van der Waals surface area contributed by atoms with E-state index >= 15 is 0 Å². The Labute approximate surface area is 221 Å². The molecular weight excluding hydrogens is 487 g/mol. The summed E-state index contributed by atoms with van der Waals surface area (Å²) in [4.78, 5) is 28.2. The Balaban J connectivity index is 1.16. The zero-order chi connectivity index (χ0) is 26.5. The fourth-order valence-corrected chi connectivity index (χ4v) is 5.01. The molecule has 3 N–H and O–H groups in total. The fourth-order valence-electron chi connectivity index (χ4n) is 5.01. The number of nitrogens with zero attached hydrogens (tertiary/aromatic N) is 4. The van der Waals surface area contributed by atoms with E-state index in [1.54, 1.807) is 46.2 Å². The molecule has 2 fully saturated rings. The molecule has 1 aliphatic heterocycles. The summed E-state index contributed by atoms with van der Waals surface area (Å²) in [5.74, 6) is -0.267. The van der Waals surface area contributed by atoms with Gasteiger partial charge in [-0.05, 0) is 80.6 Å². The normalized spacial score (nSPS) is 20.2. The molecule has 38 heavy (non-hydrogen) atoms. The minimum atomic E-state index is -0.651. The van der Waals surface area contributed by atoms with Gasteiger partial charge in [0.2, 0.25) is 5.91 Å². The SMILES string of the molecule is O=C(N[C@@H](CCCN[C@@H]1C[C@H]1c1ccc(F)cc1)C(=O)N1CCC(O)CC1)c1ccc(-n2ccnn2)cc1. The van der Waals surface area contributed by atoms with Crippen molar-refractivity contribution in [2.24, 2.45) is 0 Å². The van der Waals surface area contributed by atoms with Gasteiger partial charge in [0.25, 0.3) is 5.91 Å². The van der Waals surface area contributed by atoms with Crippen LogP contribution >= 0.6 is 0 Å². The number of hydrogen-bond donors (Lipinski definition) is 3. The molecule has 1 saturated carbocycles. The quantitative estimate of drug-likeness (QED) is 0.354. The molecule has 3 aromatic rings. The van der Waals surface area contributed by atoms with E-state index in [4.69, 9.17) is 0 Å². The van der Waals surface area contributed by atoms with Crippen molar-refractivity contribution < 1.29 is 19.1 Å². The number of rotatable bonds is 10. The Hall–Kier alpha value is -3.63. The Morgan fingerprint density at radius 1 is 1.08 bits per heavy atom. The summed E-state index contributed by atoms with van der Waals surface area (Å²) in [6.07, 6.45) is 6.23. The number of aliphatic hydroxyl groups is 1. The summed E-state index contributed by atoms with van der Waals surface area (Å²) in [7, 11) is 0. The van der Waals surface area contributed by atoms with Crippen molar-refractivity contribution in [2.75, 3.05) is 19.6 Å². The summed E-state index contributed by atoms with van der Waals surface area (Å²) >= 11 is 0. The topological polar surface area (TPSA) is 112 Å². The first-order valence-electron chi connectivity index (χ1n) is 13.2. The monoisotopic (exact) mass is 520 g/mol. The number of aliphatic hydroxyl groups excluding tert-OH is 1. The predicted molar refractivity (Wildman–Crippen MR) is 139 cm³/mol. The molecule has 0 spiro atoms. The van der Waals surface area contributed by atoms with E-state index in [0.29, 0.717) is 62.8 Å². The number of amides is 2. The van der Waals surface area contributed by atoms with Crippen LogP contribution < -0.4 is 10.6 Å². The number of benzene rings is 2. The molecule has 2 amide bonds. The van der Waals surface area contributed by atoms with Gasteiger partial charge in [-0.3, -0.25) is 9.59 Å². The van der Waals surface area contributed by atoms with E-state index in [1.165, 1.54) is 12.1 Å².